The van der Waals surface area contributed by atoms with Gasteiger partial charge in [-0.2, -0.15) is 8.80 Å². The van der Waals surface area contributed by atoms with E-state index in [0.29, 0.717) is 0 Å². The molecule has 0 N–H and O–H groups in total. The van der Waals surface area contributed by atoms with Crippen LogP contribution in [0.5, 0.6) is 0 Å². The summed E-state index contributed by atoms with van der Waals surface area (Å²) in [5, 5.41) is 0. The average Bonchev–Trinajstić information content (AvgIpc) is 3.24. The molecule has 5 aromatic rings. The number of imidazole rings is 2. The third kappa shape index (κ3) is 6.03. The monoisotopic (exact) mass is 544 g/mol. The predicted molar refractivity (Wildman–Crippen MR) is 103 cm³/mol. The van der Waals surface area contributed by atoms with Crippen LogP contribution in [0.15, 0.2) is 61.2 Å². The second kappa shape index (κ2) is 10.2. The highest BCUT2D eigenvalue weighted by Gasteiger charge is 2.29. The summed E-state index contributed by atoms with van der Waals surface area (Å²) in [4.78, 5) is 4.31. The summed E-state index contributed by atoms with van der Waals surface area (Å²) < 4.78 is 77.0. The van der Waals surface area contributed by atoms with Crippen molar-refractivity contribution in [2.45, 2.75) is 0 Å². The maximum Gasteiger partial charge on any atom is 0.369 e. The molecule has 0 amide bonds. The first-order valence-electron chi connectivity index (χ1n) is 9.95. The Kier molecular flexibility index (Phi) is 7.77. The number of hydrogen-bond donors (Lipinski definition) is 0. The Morgan fingerprint density at radius 2 is 0.889 bits per heavy atom. The van der Waals surface area contributed by atoms with Crippen LogP contribution in [0.1, 0.15) is 0 Å². The van der Waals surface area contributed by atoms with Gasteiger partial charge in [-0.3, -0.25) is 9.80 Å². The van der Waals surface area contributed by atoms with Gasteiger partial charge >= 0.3 is 11.9 Å². The summed E-state index contributed by atoms with van der Waals surface area (Å²) in [6.45, 7) is 0. The van der Waals surface area contributed by atoms with Crippen LogP contribution in [0.4, 0.5) is 11.9 Å². The van der Waals surface area contributed by atoms with Crippen LogP contribution in [0.2, 0.25) is 0 Å². The van der Waals surface area contributed by atoms with Gasteiger partial charge in [0.15, 0.2) is 11.0 Å². The van der Waals surface area contributed by atoms with E-state index in [4.69, 9.17) is 37.3 Å². The number of halogens is 2. The normalized spacial score (nSPS) is 11.9. The standard InChI is InChI=1S/C20H22N6.2ClHO4/c1-21(2)19-23-11-7-5-9-15(23)17-18-16-10-6-8-12-24(16)20(22(3)4)26(18)14-13-25(17)19;2*2-1(3,4)5/h5-14H,1-4H3;2*(H,2,3,4,5)/q+2;;/p-2. The van der Waals surface area contributed by atoms with E-state index < -0.39 is 20.5 Å². The van der Waals surface area contributed by atoms with Crippen LogP contribution in [0.25, 0.3) is 22.1 Å². The molecule has 0 aliphatic rings. The third-order valence-corrected chi connectivity index (χ3v) is 4.94. The largest absolute Gasteiger partial charge is 0.369 e. The summed E-state index contributed by atoms with van der Waals surface area (Å²) in [5.74, 6) is 2.25. The summed E-state index contributed by atoms with van der Waals surface area (Å²) in [6, 6.07) is 12.7. The Bertz CT molecular complexity index is 1380. The van der Waals surface area contributed by atoms with Gasteiger partial charge in [-0.15, -0.1) is 20.5 Å². The molecule has 14 nitrogen and oxygen atoms in total. The molecule has 0 aromatic carbocycles. The molecule has 36 heavy (non-hydrogen) atoms. The Balaban J connectivity index is 0.000000310. The van der Waals surface area contributed by atoms with E-state index in [-0.39, 0.29) is 0 Å². The maximum atomic E-state index is 8.49. The molecule has 16 heteroatoms. The zero-order valence-corrected chi connectivity index (χ0v) is 21.0. The molecule has 0 saturated heterocycles. The maximum absolute atomic E-state index is 8.49. The lowest BCUT2D eigenvalue weighted by Gasteiger charge is -2.17. The number of pyridine rings is 2. The highest BCUT2D eigenvalue weighted by molar-refractivity contribution is 5.95. The Morgan fingerprint density at radius 1 is 0.583 bits per heavy atom. The van der Waals surface area contributed by atoms with Crippen molar-refractivity contribution in [1.29, 1.82) is 0 Å². The van der Waals surface area contributed by atoms with Crippen LogP contribution in [0.3, 0.4) is 0 Å². The topological polar surface area (TPSA) is 208 Å². The number of fused-ring (bicyclic) bond motifs is 7. The van der Waals surface area contributed by atoms with Gasteiger partial charge in [0, 0.05) is 0 Å². The zero-order chi connectivity index (χ0) is 27.0. The van der Waals surface area contributed by atoms with Gasteiger partial charge in [-0.1, -0.05) is 12.1 Å². The molecule has 0 atom stereocenters. The van der Waals surface area contributed by atoms with Crippen molar-refractivity contribution in [3.05, 3.63) is 61.2 Å². The van der Waals surface area contributed by atoms with Crippen LogP contribution < -0.4 is 55.9 Å². The molecule has 0 spiro atoms. The smallest absolute Gasteiger partial charge is 0.269 e. The number of hydrogen-bond acceptors (Lipinski definition) is 10. The van der Waals surface area contributed by atoms with E-state index in [1.54, 1.807) is 0 Å². The summed E-state index contributed by atoms with van der Waals surface area (Å²) in [5.41, 5.74) is 4.79. The van der Waals surface area contributed by atoms with Crippen molar-refractivity contribution in [2.75, 3.05) is 38.0 Å². The summed E-state index contributed by atoms with van der Waals surface area (Å²) in [7, 11) is -1.55. The van der Waals surface area contributed by atoms with E-state index >= 15 is 0 Å². The average molecular weight is 545 g/mol. The van der Waals surface area contributed by atoms with Gasteiger partial charge < -0.3 is 0 Å². The fourth-order valence-electron chi connectivity index (χ4n) is 4.05. The molecule has 0 aliphatic carbocycles. The Morgan fingerprint density at radius 3 is 1.17 bits per heavy atom. The number of aromatic nitrogens is 4. The quantitative estimate of drug-likeness (QED) is 0.191. The highest BCUT2D eigenvalue weighted by atomic mass is 35.7. The third-order valence-electron chi connectivity index (χ3n) is 4.94. The lowest BCUT2D eigenvalue weighted by Crippen LogP contribution is -2.68. The molecule has 0 saturated carbocycles. The molecule has 5 rings (SSSR count). The fourth-order valence-corrected chi connectivity index (χ4v) is 4.05. The van der Waals surface area contributed by atoms with Crippen molar-refractivity contribution in [1.82, 2.24) is 8.80 Å². The van der Waals surface area contributed by atoms with E-state index in [9.17, 15) is 0 Å². The molecular formula is C20H22Cl2N6O8. The van der Waals surface area contributed by atoms with Gasteiger partial charge in [0.05, 0.1) is 40.6 Å². The molecule has 194 valence electrons. The van der Waals surface area contributed by atoms with Crippen molar-refractivity contribution in [3.63, 3.8) is 0 Å². The number of rotatable bonds is 2. The van der Waals surface area contributed by atoms with E-state index in [2.05, 4.69) is 117 Å². The van der Waals surface area contributed by atoms with Crippen molar-refractivity contribution in [2.24, 2.45) is 0 Å². The molecule has 5 heterocycles. The molecule has 0 aliphatic heterocycles. The Labute approximate surface area is 208 Å². The summed E-state index contributed by atoms with van der Waals surface area (Å²) in [6.07, 6.45) is 8.55. The minimum atomic E-state index is -4.94. The molecule has 0 radical (unpaired) electrons. The van der Waals surface area contributed by atoms with Crippen LogP contribution in [-0.2, 0) is 0 Å². The summed E-state index contributed by atoms with van der Waals surface area (Å²) >= 11 is 0. The predicted octanol–water partition coefficient (Wildman–Crippen LogP) is -7.71. The Hall–Kier alpha value is -3.02. The first-order chi connectivity index (χ1) is 16.6. The van der Waals surface area contributed by atoms with Crippen LogP contribution in [-0.4, -0.2) is 37.0 Å². The minimum Gasteiger partial charge on any atom is -0.269 e. The van der Waals surface area contributed by atoms with Gasteiger partial charge in [0.25, 0.3) is 0 Å². The minimum absolute atomic E-state index is 1.12. The van der Waals surface area contributed by atoms with Crippen molar-refractivity contribution in [3.8, 4) is 0 Å². The number of anilines is 2. The SMILES string of the molecule is CN(C)c1n2ccccc2c2c3c4ccccn4c(N(C)C)[n+]3cc[n+]12.[O-][Cl+3]([O-])([O-])[O-].[O-][Cl+3]([O-])([O-])[O-]. The van der Waals surface area contributed by atoms with Gasteiger partial charge in [0.2, 0.25) is 0 Å². The lowest BCUT2D eigenvalue weighted by molar-refractivity contribution is -2.00. The van der Waals surface area contributed by atoms with E-state index in [1.807, 2.05) is 0 Å². The van der Waals surface area contributed by atoms with Crippen molar-refractivity contribution >= 4 is 34.0 Å². The molecule has 0 unspecified atom stereocenters. The first kappa shape index (κ1) is 27.6. The van der Waals surface area contributed by atoms with Gasteiger partial charge in [-0.25, -0.2) is 46.1 Å². The van der Waals surface area contributed by atoms with Crippen molar-refractivity contribution < 1.29 is 66.6 Å². The molecule has 5 aromatic heterocycles. The van der Waals surface area contributed by atoms with Crippen LogP contribution >= 0.6 is 0 Å². The molecule has 0 bridgehead atoms. The molecule has 0 fully saturated rings. The van der Waals surface area contributed by atoms with Gasteiger partial charge in [0.1, 0.15) is 23.4 Å². The zero-order valence-electron chi connectivity index (χ0n) is 19.5. The van der Waals surface area contributed by atoms with E-state index in [1.165, 1.54) is 22.1 Å². The fraction of sp³-hybridized carbons (Fsp3) is 0.200. The highest BCUT2D eigenvalue weighted by Crippen LogP contribution is 2.25. The second-order valence-corrected chi connectivity index (χ2v) is 9.30. The molecular weight excluding hydrogens is 523 g/mol. The van der Waals surface area contributed by atoms with Gasteiger partial charge in [-0.05, 0) is 24.3 Å². The van der Waals surface area contributed by atoms with Crippen LogP contribution in [0, 0.1) is 20.5 Å². The second-order valence-electron chi connectivity index (χ2n) is 7.79. The van der Waals surface area contributed by atoms with E-state index in [0.717, 1.165) is 11.9 Å². The first-order valence-corrected chi connectivity index (χ1v) is 12.4. The lowest BCUT2D eigenvalue weighted by atomic mass is 10.3. The number of nitrogens with zero attached hydrogens (tertiary/aromatic N) is 6.